The van der Waals surface area contributed by atoms with Crippen LogP contribution in [0.5, 0.6) is 0 Å². The molecule has 0 fully saturated rings. The summed E-state index contributed by atoms with van der Waals surface area (Å²) in [5, 5.41) is 0. The van der Waals surface area contributed by atoms with Crippen molar-refractivity contribution in [2.75, 3.05) is 0 Å². The highest BCUT2D eigenvalue weighted by Crippen LogP contribution is 2.47. The van der Waals surface area contributed by atoms with Gasteiger partial charge in [0.15, 0.2) is 0 Å². The zero-order chi connectivity index (χ0) is 19.4. The minimum atomic E-state index is -0.813. The molecular weight excluding hydrogens is 360 g/mol. The predicted molar refractivity (Wildman–Crippen MR) is 121 cm³/mol. The topological polar surface area (TPSA) is 0 Å². The van der Waals surface area contributed by atoms with Crippen LogP contribution < -0.4 is 0 Å². The van der Waals surface area contributed by atoms with Gasteiger partial charge in [-0.15, -0.1) is 11.6 Å². The van der Waals surface area contributed by atoms with Crippen molar-refractivity contribution in [3.05, 3.63) is 138 Å². The van der Waals surface area contributed by atoms with E-state index in [1.807, 2.05) is 48.5 Å². The van der Waals surface area contributed by atoms with E-state index in [9.17, 15) is 0 Å². The highest BCUT2D eigenvalue weighted by atomic mass is 35.5. The zero-order valence-corrected chi connectivity index (χ0v) is 16.3. The summed E-state index contributed by atoms with van der Waals surface area (Å²) in [6.45, 7) is 4.04. The molecule has 0 aliphatic heterocycles. The van der Waals surface area contributed by atoms with Gasteiger partial charge in [0.25, 0.3) is 0 Å². The van der Waals surface area contributed by atoms with Gasteiger partial charge in [-0.2, -0.15) is 0 Å². The molecule has 0 unspecified atom stereocenters. The van der Waals surface area contributed by atoms with Crippen molar-refractivity contribution < 1.29 is 0 Å². The van der Waals surface area contributed by atoms with Gasteiger partial charge < -0.3 is 0 Å². The molecule has 0 atom stereocenters. The molecular formula is C27H21Cl. The van der Waals surface area contributed by atoms with Crippen LogP contribution in [0, 0.1) is 0 Å². The van der Waals surface area contributed by atoms with Gasteiger partial charge in [-0.25, -0.2) is 0 Å². The molecule has 0 bridgehead atoms. The van der Waals surface area contributed by atoms with Gasteiger partial charge in [0, 0.05) is 0 Å². The van der Waals surface area contributed by atoms with Crippen molar-refractivity contribution in [3.8, 4) is 11.1 Å². The Morgan fingerprint density at radius 2 is 1.11 bits per heavy atom. The number of benzene rings is 4. The highest BCUT2D eigenvalue weighted by Gasteiger charge is 2.36. The molecule has 0 aliphatic carbocycles. The van der Waals surface area contributed by atoms with Crippen LogP contribution >= 0.6 is 11.6 Å². The van der Waals surface area contributed by atoms with E-state index in [0.29, 0.717) is 0 Å². The van der Waals surface area contributed by atoms with Crippen LogP contribution in [0.4, 0.5) is 0 Å². The first-order valence-corrected chi connectivity index (χ1v) is 9.74. The van der Waals surface area contributed by atoms with Crippen molar-refractivity contribution in [3.63, 3.8) is 0 Å². The molecule has 0 amide bonds. The Morgan fingerprint density at radius 3 is 1.61 bits per heavy atom. The molecule has 4 aromatic carbocycles. The Kier molecular flexibility index (Phi) is 5.14. The van der Waals surface area contributed by atoms with Crippen LogP contribution in [0.1, 0.15) is 22.3 Å². The Balaban J connectivity index is 2.08. The number of halogens is 1. The molecule has 1 heteroatoms. The minimum absolute atomic E-state index is 0.813. The van der Waals surface area contributed by atoms with Gasteiger partial charge in [0.1, 0.15) is 4.87 Å². The van der Waals surface area contributed by atoms with Crippen LogP contribution in [-0.2, 0) is 4.87 Å². The molecule has 28 heavy (non-hydrogen) atoms. The maximum Gasteiger partial charge on any atom is 0.120 e. The average Bonchev–Trinajstić information content (AvgIpc) is 2.79. The molecule has 0 saturated heterocycles. The minimum Gasteiger partial charge on any atom is -0.104 e. The molecule has 0 aliphatic rings. The summed E-state index contributed by atoms with van der Waals surface area (Å²) >= 11 is 7.57. The molecule has 4 aromatic rings. The van der Waals surface area contributed by atoms with Crippen LogP contribution in [0.15, 0.2) is 116 Å². The molecule has 0 spiro atoms. The summed E-state index contributed by atoms with van der Waals surface area (Å²) in [6, 6.07) is 37.2. The summed E-state index contributed by atoms with van der Waals surface area (Å²) in [7, 11) is 0. The quantitative estimate of drug-likeness (QED) is 0.248. The Bertz CT molecular complexity index is 1030. The predicted octanol–water partition coefficient (Wildman–Crippen LogP) is 7.53. The number of hydrogen-bond donors (Lipinski definition) is 0. The van der Waals surface area contributed by atoms with Gasteiger partial charge >= 0.3 is 0 Å². The Hall–Kier alpha value is -3.09. The molecule has 4 rings (SSSR count). The van der Waals surface area contributed by atoms with Gasteiger partial charge in [0.05, 0.1) is 0 Å². The molecule has 0 heterocycles. The maximum absolute atomic E-state index is 7.57. The normalized spacial score (nSPS) is 11.2. The van der Waals surface area contributed by atoms with E-state index in [1.165, 1.54) is 0 Å². The third-order valence-electron chi connectivity index (χ3n) is 5.09. The molecule has 0 aromatic heterocycles. The van der Waals surface area contributed by atoms with Crippen LogP contribution in [0.3, 0.4) is 0 Å². The van der Waals surface area contributed by atoms with Crippen molar-refractivity contribution in [1.29, 1.82) is 0 Å². The Morgan fingerprint density at radius 1 is 0.607 bits per heavy atom. The lowest BCUT2D eigenvalue weighted by molar-refractivity contribution is 0.881. The first-order chi connectivity index (χ1) is 13.7. The van der Waals surface area contributed by atoms with E-state index in [0.717, 1.165) is 33.4 Å². The monoisotopic (exact) mass is 380 g/mol. The van der Waals surface area contributed by atoms with E-state index < -0.39 is 4.87 Å². The lowest BCUT2D eigenvalue weighted by Crippen LogP contribution is -2.23. The summed E-state index contributed by atoms with van der Waals surface area (Å²) < 4.78 is 0. The molecule has 0 saturated carbocycles. The lowest BCUT2D eigenvalue weighted by Gasteiger charge is -2.32. The third-order valence-corrected chi connectivity index (χ3v) is 5.73. The van der Waals surface area contributed by atoms with E-state index in [4.69, 9.17) is 11.6 Å². The second kappa shape index (κ2) is 7.88. The Labute approximate surface area is 171 Å². The number of rotatable bonds is 5. The van der Waals surface area contributed by atoms with E-state index in [2.05, 4.69) is 73.3 Å². The van der Waals surface area contributed by atoms with Crippen molar-refractivity contribution in [2.45, 2.75) is 4.87 Å². The van der Waals surface area contributed by atoms with Gasteiger partial charge in [-0.3, -0.25) is 0 Å². The second-order valence-corrected chi connectivity index (χ2v) is 7.30. The second-order valence-electron chi connectivity index (χ2n) is 6.73. The summed E-state index contributed by atoms with van der Waals surface area (Å²) in [5.74, 6) is 0. The maximum atomic E-state index is 7.57. The largest absolute Gasteiger partial charge is 0.120 e. The zero-order valence-electron chi connectivity index (χ0n) is 15.6. The summed E-state index contributed by atoms with van der Waals surface area (Å²) in [4.78, 5) is -0.813. The molecule has 136 valence electrons. The molecule has 0 N–H and O–H groups in total. The fraction of sp³-hybridized carbons (Fsp3) is 0.0370. The molecule has 0 nitrogen and oxygen atoms in total. The van der Waals surface area contributed by atoms with Crippen molar-refractivity contribution in [2.24, 2.45) is 0 Å². The first-order valence-electron chi connectivity index (χ1n) is 9.36. The standard InChI is InChI=1S/C27H21Cl/c1-2-21-15-12-20-25(26(21)22-13-6-3-7-14-22)27(28,23-16-8-4-9-17-23)24-18-10-5-11-19-24/h2-20H,1H2. The van der Waals surface area contributed by atoms with Crippen molar-refractivity contribution >= 4 is 17.7 Å². The SMILES string of the molecule is C=Cc1cccc(C(Cl)(c2ccccc2)c2ccccc2)c1-c1ccccc1. The van der Waals surface area contributed by atoms with E-state index >= 15 is 0 Å². The smallest absolute Gasteiger partial charge is 0.104 e. The fourth-order valence-electron chi connectivity index (χ4n) is 3.77. The average molecular weight is 381 g/mol. The summed E-state index contributed by atoms with van der Waals surface area (Å²) in [6.07, 6.45) is 1.90. The van der Waals surface area contributed by atoms with Gasteiger partial charge in [-0.1, -0.05) is 122 Å². The van der Waals surface area contributed by atoms with Crippen molar-refractivity contribution in [1.82, 2.24) is 0 Å². The van der Waals surface area contributed by atoms with Gasteiger partial charge in [-0.05, 0) is 33.4 Å². The van der Waals surface area contributed by atoms with Gasteiger partial charge in [0.2, 0.25) is 0 Å². The lowest BCUT2D eigenvalue weighted by atomic mass is 9.79. The van der Waals surface area contributed by atoms with Crippen LogP contribution in [-0.4, -0.2) is 0 Å². The number of hydrogen-bond acceptors (Lipinski definition) is 0. The molecule has 0 radical (unpaired) electrons. The van der Waals surface area contributed by atoms with Crippen LogP contribution in [0.25, 0.3) is 17.2 Å². The first kappa shape index (κ1) is 18.3. The van der Waals surface area contributed by atoms with Crippen LogP contribution in [0.2, 0.25) is 0 Å². The summed E-state index contributed by atoms with van der Waals surface area (Å²) in [5.41, 5.74) is 6.45. The number of alkyl halides is 1. The fourth-order valence-corrected chi connectivity index (χ4v) is 4.18. The van der Waals surface area contributed by atoms with E-state index in [1.54, 1.807) is 0 Å². The van der Waals surface area contributed by atoms with E-state index in [-0.39, 0.29) is 0 Å². The third kappa shape index (κ3) is 3.17. The highest BCUT2D eigenvalue weighted by molar-refractivity contribution is 6.28.